The van der Waals surface area contributed by atoms with Crippen LogP contribution in [0.2, 0.25) is 0 Å². The highest BCUT2D eigenvalue weighted by atomic mass is 35.5. The van der Waals surface area contributed by atoms with Gasteiger partial charge < -0.3 is 10.2 Å². The van der Waals surface area contributed by atoms with Gasteiger partial charge in [0.25, 0.3) is 0 Å². The quantitative estimate of drug-likeness (QED) is 0.781. The van der Waals surface area contributed by atoms with E-state index in [1.165, 1.54) is 0 Å². The van der Waals surface area contributed by atoms with E-state index < -0.39 is 33.5 Å². The van der Waals surface area contributed by atoms with E-state index in [-0.39, 0.29) is 0 Å². The lowest BCUT2D eigenvalue weighted by Gasteiger charge is -2.63. The Bertz CT molecular complexity index is 412. The lowest BCUT2D eigenvalue weighted by atomic mass is 9.42. The Balaban J connectivity index is 1.97. The van der Waals surface area contributed by atoms with Gasteiger partial charge in [-0.05, 0) is 61.2 Å². The van der Waals surface area contributed by atoms with Gasteiger partial charge in [0.1, 0.15) is 10.8 Å². The molecule has 0 aromatic carbocycles. The molecule has 4 aliphatic carbocycles. The molecule has 2 atom stereocenters. The maximum atomic E-state index is 11.3. The number of halogens is 2. The number of rotatable bonds is 4. The minimum atomic E-state index is -0.995. The second-order valence-corrected chi connectivity index (χ2v) is 7.96. The van der Waals surface area contributed by atoms with E-state index in [9.17, 15) is 19.8 Å². The first kappa shape index (κ1) is 14.5. The van der Waals surface area contributed by atoms with Crippen molar-refractivity contribution < 1.29 is 19.8 Å². The van der Waals surface area contributed by atoms with Crippen molar-refractivity contribution in [2.24, 2.45) is 22.7 Å². The van der Waals surface area contributed by atoms with Crippen molar-refractivity contribution in [1.29, 1.82) is 0 Å². The molecule has 2 N–H and O–H groups in total. The summed E-state index contributed by atoms with van der Waals surface area (Å²) in [5.41, 5.74) is -0.944. The maximum absolute atomic E-state index is 11.3. The molecule has 0 aromatic heterocycles. The Morgan fingerprint density at radius 2 is 1.25 bits per heavy atom. The average molecular weight is 321 g/mol. The van der Waals surface area contributed by atoms with Crippen LogP contribution in [0.3, 0.4) is 0 Å². The molecule has 0 heterocycles. The molecule has 0 spiro atoms. The van der Waals surface area contributed by atoms with Gasteiger partial charge in [-0.3, -0.25) is 9.59 Å². The number of carbonyl (C=O) groups is 2. The molecule has 4 nitrogen and oxygen atoms in total. The van der Waals surface area contributed by atoms with Gasteiger partial charge in [0.15, 0.2) is 0 Å². The molecule has 0 aliphatic heterocycles. The number of alkyl halides is 2. The van der Waals surface area contributed by atoms with Gasteiger partial charge in [-0.2, -0.15) is 0 Å². The zero-order valence-corrected chi connectivity index (χ0v) is 12.5. The Kier molecular flexibility index (Phi) is 3.26. The Morgan fingerprint density at radius 3 is 1.55 bits per heavy atom. The van der Waals surface area contributed by atoms with Crippen molar-refractivity contribution in [3.8, 4) is 0 Å². The predicted octanol–water partition coefficient (Wildman–Crippen LogP) is 2.96. The van der Waals surface area contributed by atoms with Gasteiger partial charge in [-0.1, -0.05) is 0 Å². The zero-order chi connectivity index (χ0) is 14.7. The average Bonchev–Trinajstić information content (AvgIpc) is 2.35. The summed E-state index contributed by atoms with van der Waals surface area (Å²) < 4.78 is 0. The lowest BCUT2D eigenvalue weighted by Crippen LogP contribution is -2.60. The standard InChI is InChI=1S/C14H18Cl2O4/c15-9(11(17)18)13-2-7-1-8(4-13)5-14(3-7,6-13)10(16)12(19)20/h7-10H,1-6H2,(H,17,18)(H,19,20)/t7?,8?,9-,10-,13?,14?/m1/s1. The fraction of sp³-hybridized carbons (Fsp3) is 0.857. The van der Waals surface area contributed by atoms with Crippen molar-refractivity contribution in [1.82, 2.24) is 0 Å². The van der Waals surface area contributed by atoms with Crippen LogP contribution in [0.25, 0.3) is 0 Å². The highest BCUT2D eigenvalue weighted by molar-refractivity contribution is 6.31. The van der Waals surface area contributed by atoms with Crippen LogP contribution in [0.1, 0.15) is 38.5 Å². The molecule has 112 valence electrons. The first-order valence-corrected chi connectivity index (χ1v) is 7.89. The number of hydrogen-bond donors (Lipinski definition) is 2. The third-order valence-corrected chi connectivity index (χ3v) is 6.96. The summed E-state index contributed by atoms with van der Waals surface area (Å²) in [4.78, 5) is 22.7. The summed E-state index contributed by atoms with van der Waals surface area (Å²) in [5, 5.41) is 16.7. The van der Waals surface area contributed by atoms with E-state index in [2.05, 4.69) is 0 Å². The van der Waals surface area contributed by atoms with Crippen LogP contribution in [-0.4, -0.2) is 32.9 Å². The molecule has 4 saturated carbocycles. The number of hydrogen-bond acceptors (Lipinski definition) is 2. The predicted molar refractivity (Wildman–Crippen MR) is 74.1 cm³/mol. The highest BCUT2D eigenvalue weighted by Gasteiger charge is 2.63. The van der Waals surface area contributed by atoms with Gasteiger partial charge in [-0.15, -0.1) is 23.2 Å². The minimum Gasteiger partial charge on any atom is -0.480 e. The van der Waals surface area contributed by atoms with E-state index in [4.69, 9.17) is 23.2 Å². The number of carboxylic acids is 2. The van der Waals surface area contributed by atoms with Crippen LogP contribution in [0.4, 0.5) is 0 Å². The molecule has 4 bridgehead atoms. The molecule has 0 aromatic rings. The SMILES string of the molecule is O=C(O)[C@@H](Cl)C12CC3CC(C1)CC([C@H](Cl)C(=O)O)(C3)C2. The Labute approximate surface area is 127 Å². The fourth-order valence-corrected chi connectivity index (χ4v) is 6.03. The molecular weight excluding hydrogens is 303 g/mol. The third-order valence-electron chi connectivity index (χ3n) is 5.66. The second-order valence-electron chi connectivity index (χ2n) is 7.09. The van der Waals surface area contributed by atoms with Crippen LogP contribution < -0.4 is 0 Å². The summed E-state index contributed by atoms with van der Waals surface area (Å²) in [6, 6.07) is 0. The first-order chi connectivity index (χ1) is 9.28. The zero-order valence-electron chi connectivity index (χ0n) is 11.0. The van der Waals surface area contributed by atoms with Crippen LogP contribution in [0.5, 0.6) is 0 Å². The number of aliphatic carboxylic acids is 2. The van der Waals surface area contributed by atoms with Gasteiger partial charge in [0, 0.05) is 0 Å². The van der Waals surface area contributed by atoms with Crippen LogP contribution in [0.15, 0.2) is 0 Å². The molecular formula is C14H18Cl2O4. The lowest BCUT2D eigenvalue weighted by molar-refractivity contribution is -0.158. The summed E-state index contributed by atoms with van der Waals surface area (Å²) >= 11 is 12.4. The third kappa shape index (κ3) is 1.95. The Hall–Kier alpha value is -0.480. The Morgan fingerprint density at radius 1 is 0.900 bits per heavy atom. The second kappa shape index (κ2) is 4.51. The molecule has 4 rings (SSSR count). The summed E-state index contributed by atoms with van der Waals surface area (Å²) in [6.45, 7) is 0. The molecule has 0 unspecified atom stereocenters. The van der Waals surface area contributed by atoms with Crippen molar-refractivity contribution in [2.45, 2.75) is 49.3 Å². The van der Waals surface area contributed by atoms with Gasteiger partial charge in [0.2, 0.25) is 0 Å². The molecule has 0 amide bonds. The van der Waals surface area contributed by atoms with Crippen LogP contribution >= 0.6 is 23.2 Å². The van der Waals surface area contributed by atoms with E-state index >= 15 is 0 Å². The molecule has 0 radical (unpaired) electrons. The fourth-order valence-electron chi connectivity index (χ4n) is 5.52. The van der Waals surface area contributed by atoms with Crippen molar-refractivity contribution in [3.63, 3.8) is 0 Å². The summed E-state index contributed by atoms with van der Waals surface area (Å²) in [6.07, 6.45) is 4.80. The van der Waals surface area contributed by atoms with Crippen molar-refractivity contribution >= 4 is 35.1 Å². The highest BCUT2D eigenvalue weighted by Crippen LogP contribution is 2.68. The molecule has 6 heteroatoms. The van der Waals surface area contributed by atoms with Gasteiger partial charge >= 0.3 is 11.9 Å². The van der Waals surface area contributed by atoms with Gasteiger partial charge in [-0.25, -0.2) is 0 Å². The maximum Gasteiger partial charge on any atom is 0.322 e. The van der Waals surface area contributed by atoms with Crippen LogP contribution in [0, 0.1) is 22.7 Å². The van der Waals surface area contributed by atoms with E-state index in [0.717, 1.165) is 32.1 Å². The van der Waals surface area contributed by atoms with E-state index in [1.807, 2.05) is 0 Å². The van der Waals surface area contributed by atoms with Crippen molar-refractivity contribution in [3.05, 3.63) is 0 Å². The largest absolute Gasteiger partial charge is 0.480 e. The molecule has 20 heavy (non-hydrogen) atoms. The van der Waals surface area contributed by atoms with Gasteiger partial charge in [0.05, 0.1) is 0 Å². The van der Waals surface area contributed by atoms with E-state index in [1.54, 1.807) is 0 Å². The van der Waals surface area contributed by atoms with Crippen LogP contribution in [-0.2, 0) is 9.59 Å². The normalized spacial score (nSPS) is 45.1. The monoisotopic (exact) mass is 320 g/mol. The topological polar surface area (TPSA) is 74.6 Å². The van der Waals surface area contributed by atoms with Crippen molar-refractivity contribution in [2.75, 3.05) is 0 Å². The summed E-state index contributed by atoms with van der Waals surface area (Å²) in [5.74, 6) is -1.25. The minimum absolute atomic E-state index is 0.373. The van der Waals surface area contributed by atoms with E-state index in [0.29, 0.717) is 18.3 Å². The molecule has 0 saturated heterocycles. The smallest absolute Gasteiger partial charge is 0.322 e. The molecule has 4 aliphatic rings. The molecule has 4 fully saturated rings. The number of carboxylic acid groups (broad SMARTS) is 2. The first-order valence-electron chi connectivity index (χ1n) is 7.02. The summed E-state index contributed by atoms with van der Waals surface area (Å²) in [7, 11) is 0.